The van der Waals surface area contributed by atoms with Crippen molar-refractivity contribution in [2.45, 2.75) is 19.8 Å². The lowest BCUT2D eigenvalue weighted by atomic mass is 9.99. The van der Waals surface area contributed by atoms with Crippen LogP contribution in [0.3, 0.4) is 0 Å². The molecule has 1 N–H and O–H groups in total. The van der Waals surface area contributed by atoms with E-state index in [1.807, 2.05) is 6.92 Å². The van der Waals surface area contributed by atoms with Gasteiger partial charge in [0.2, 0.25) is 0 Å². The zero-order chi connectivity index (χ0) is 9.80. The number of nitrogens with zero attached hydrogens (tertiary/aromatic N) is 2. The van der Waals surface area contributed by atoms with E-state index in [-0.39, 0.29) is 0 Å². The Morgan fingerprint density at radius 2 is 2.21 bits per heavy atom. The van der Waals surface area contributed by atoms with Crippen LogP contribution in [0, 0.1) is 12.8 Å². The normalized spacial score (nSPS) is 18.4. The highest BCUT2D eigenvalue weighted by Gasteiger charge is 2.14. The minimum absolute atomic E-state index is 0.681. The maximum Gasteiger partial charge on any atom is 0.294 e. The van der Waals surface area contributed by atoms with Gasteiger partial charge in [0.25, 0.3) is 5.19 Å². The fraction of sp³-hybridized carbons (Fsp3) is 0.778. The molecule has 5 heteroatoms. The SMILES string of the molecule is Cc1nnc(OCC2CCNCC2)s1. The monoisotopic (exact) mass is 213 g/mol. The Hall–Kier alpha value is -0.680. The Balaban J connectivity index is 1.76. The Bertz CT molecular complexity index is 283. The Morgan fingerprint density at radius 1 is 1.43 bits per heavy atom. The molecule has 0 amide bonds. The molecule has 0 radical (unpaired) electrons. The predicted octanol–water partition coefficient (Wildman–Crippen LogP) is 1.22. The van der Waals surface area contributed by atoms with Crippen LogP contribution in [0.2, 0.25) is 0 Å². The van der Waals surface area contributed by atoms with E-state index in [2.05, 4.69) is 15.5 Å². The third-order valence-electron chi connectivity index (χ3n) is 2.41. The van der Waals surface area contributed by atoms with Gasteiger partial charge in [-0.15, -0.1) is 10.2 Å². The topological polar surface area (TPSA) is 47.0 Å². The molecule has 0 bridgehead atoms. The molecule has 1 saturated heterocycles. The van der Waals surface area contributed by atoms with Gasteiger partial charge in [0.1, 0.15) is 5.01 Å². The van der Waals surface area contributed by atoms with E-state index < -0.39 is 0 Å². The quantitative estimate of drug-likeness (QED) is 0.820. The van der Waals surface area contributed by atoms with Crippen molar-refractivity contribution < 1.29 is 4.74 Å². The van der Waals surface area contributed by atoms with Gasteiger partial charge in [-0.05, 0) is 38.8 Å². The fourth-order valence-electron chi connectivity index (χ4n) is 1.57. The van der Waals surface area contributed by atoms with Crippen molar-refractivity contribution in [1.29, 1.82) is 0 Å². The van der Waals surface area contributed by atoms with Crippen molar-refractivity contribution in [2.24, 2.45) is 5.92 Å². The second-order valence-electron chi connectivity index (χ2n) is 3.59. The summed E-state index contributed by atoms with van der Waals surface area (Å²) in [5.74, 6) is 0.681. The van der Waals surface area contributed by atoms with E-state index in [1.165, 1.54) is 24.2 Å². The van der Waals surface area contributed by atoms with E-state index in [4.69, 9.17) is 4.74 Å². The van der Waals surface area contributed by atoms with Crippen molar-refractivity contribution in [2.75, 3.05) is 19.7 Å². The van der Waals surface area contributed by atoms with E-state index in [0.717, 1.165) is 24.7 Å². The maximum atomic E-state index is 5.58. The molecule has 14 heavy (non-hydrogen) atoms. The van der Waals surface area contributed by atoms with Gasteiger partial charge < -0.3 is 10.1 Å². The summed E-state index contributed by atoms with van der Waals surface area (Å²) in [6.07, 6.45) is 2.41. The summed E-state index contributed by atoms with van der Waals surface area (Å²) >= 11 is 1.52. The number of aryl methyl sites for hydroxylation is 1. The summed E-state index contributed by atoms with van der Waals surface area (Å²) < 4.78 is 5.58. The lowest BCUT2D eigenvalue weighted by Gasteiger charge is -2.21. The number of aromatic nitrogens is 2. The Kier molecular flexibility index (Phi) is 3.31. The second-order valence-corrected chi connectivity index (χ2v) is 4.74. The predicted molar refractivity (Wildman–Crippen MR) is 55.7 cm³/mol. The van der Waals surface area contributed by atoms with E-state index in [1.54, 1.807) is 0 Å². The summed E-state index contributed by atoms with van der Waals surface area (Å²) in [7, 11) is 0. The van der Waals surface area contributed by atoms with Gasteiger partial charge in [0, 0.05) is 0 Å². The van der Waals surface area contributed by atoms with Gasteiger partial charge >= 0.3 is 0 Å². The number of hydrogen-bond donors (Lipinski definition) is 1. The zero-order valence-electron chi connectivity index (χ0n) is 8.32. The maximum absolute atomic E-state index is 5.58. The molecule has 0 saturated carbocycles. The van der Waals surface area contributed by atoms with Crippen LogP contribution < -0.4 is 10.1 Å². The van der Waals surface area contributed by atoms with Gasteiger partial charge in [0.05, 0.1) is 6.61 Å². The molecular weight excluding hydrogens is 198 g/mol. The Labute approximate surface area is 87.7 Å². The summed E-state index contributed by atoms with van der Waals surface area (Å²) in [6.45, 7) is 4.96. The van der Waals surface area contributed by atoms with Gasteiger partial charge in [-0.1, -0.05) is 11.3 Å². The van der Waals surface area contributed by atoms with Gasteiger partial charge in [-0.2, -0.15) is 0 Å². The van der Waals surface area contributed by atoms with Crippen LogP contribution in [0.1, 0.15) is 17.8 Å². The summed E-state index contributed by atoms with van der Waals surface area (Å²) in [5, 5.41) is 12.9. The molecule has 78 valence electrons. The van der Waals surface area contributed by atoms with Crippen LogP contribution in [0.5, 0.6) is 5.19 Å². The molecule has 4 nitrogen and oxygen atoms in total. The van der Waals surface area contributed by atoms with Crippen LogP contribution in [0.25, 0.3) is 0 Å². The highest BCUT2D eigenvalue weighted by atomic mass is 32.1. The Morgan fingerprint density at radius 3 is 2.86 bits per heavy atom. The highest BCUT2D eigenvalue weighted by molar-refractivity contribution is 7.12. The second kappa shape index (κ2) is 4.70. The fourth-order valence-corrected chi connectivity index (χ4v) is 2.12. The van der Waals surface area contributed by atoms with Crippen LogP contribution in [-0.2, 0) is 0 Å². The molecule has 2 heterocycles. The van der Waals surface area contributed by atoms with E-state index in [0.29, 0.717) is 11.1 Å². The lowest BCUT2D eigenvalue weighted by Crippen LogP contribution is -2.30. The molecule has 1 aromatic rings. The number of nitrogens with one attached hydrogen (secondary N) is 1. The molecule has 1 fully saturated rings. The van der Waals surface area contributed by atoms with Crippen molar-refractivity contribution in [3.63, 3.8) is 0 Å². The van der Waals surface area contributed by atoms with E-state index >= 15 is 0 Å². The molecular formula is C9H15N3OS. The first-order valence-corrected chi connectivity index (χ1v) is 5.80. The van der Waals surface area contributed by atoms with Gasteiger partial charge in [0.15, 0.2) is 0 Å². The van der Waals surface area contributed by atoms with Gasteiger partial charge in [-0.3, -0.25) is 0 Å². The first-order valence-electron chi connectivity index (χ1n) is 4.98. The van der Waals surface area contributed by atoms with E-state index in [9.17, 15) is 0 Å². The summed E-state index contributed by atoms with van der Waals surface area (Å²) in [5.41, 5.74) is 0. The number of rotatable bonds is 3. The van der Waals surface area contributed by atoms with Crippen LogP contribution in [0.15, 0.2) is 0 Å². The number of ether oxygens (including phenoxy) is 1. The molecule has 0 atom stereocenters. The smallest absolute Gasteiger partial charge is 0.294 e. The van der Waals surface area contributed by atoms with Crippen molar-refractivity contribution in [3.8, 4) is 5.19 Å². The average Bonchev–Trinajstić information content (AvgIpc) is 2.63. The largest absolute Gasteiger partial charge is 0.469 e. The standard InChI is InChI=1S/C9H15N3OS/c1-7-11-12-9(14-7)13-6-8-2-4-10-5-3-8/h8,10H,2-6H2,1H3. The first-order chi connectivity index (χ1) is 6.84. The van der Waals surface area contributed by atoms with Crippen LogP contribution in [-0.4, -0.2) is 29.9 Å². The zero-order valence-corrected chi connectivity index (χ0v) is 9.14. The molecule has 1 aliphatic heterocycles. The molecule has 0 aromatic carbocycles. The third-order valence-corrected chi connectivity index (χ3v) is 3.16. The van der Waals surface area contributed by atoms with Crippen molar-refractivity contribution in [1.82, 2.24) is 15.5 Å². The molecule has 0 spiro atoms. The molecule has 1 aromatic heterocycles. The summed E-state index contributed by atoms with van der Waals surface area (Å²) in [6, 6.07) is 0. The summed E-state index contributed by atoms with van der Waals surface area (Å²) in [4.78, 5) is 0. The first kappa shape index (κ1) is 9.86. The third kappa shape index (κ3) is 2.65. The number of hydrogen-bond acceptors (Lipinski definition) is 5. The molecule has 0 unspecified atom stereocenters. The minimum Gasteiger partial charge on any atom is -0.469 e. The van der Waals surface area contributed by atoms with Crippen LogP contribution in [0.4, 0.5) is 0 Å². The highest BCUT2D eigenvalue weighted by Crippen LogP contribution is 2.19. The van der Waals surface area contributed by atoms with Crippen molar-refractivity contribution in [3.05, 3.63) is 5.01 Å². The number of piperidine rings is 1. The lowest BCUT2D eigenvalue weighted by molar-refractivity contribution is 0.213. The van der Waals surface area contributed by atoms with Crippen LogP contribution >= 0.6 is 11.3 Å². The molecule has 0 aliphatic carbocycles. The van der Waals surface area contributed by atoms with Crippen molar-refractivity contribution >= 4 is 11.3 Å². The minimum atomic E-state index is 0.681. The van der Waals surface area contributed by atoms with Gasteiger partial charge in [-0.25, -0.2) is 0 Å². The average molecular weight is 213 g/mol. The molecule has 2 rings (SSSR count). The molecule has 1 aliphatic rings.